The number of amides is 2. The van der Waals surface area contributed by atoms with E-state index in [0.29, 0.717) is 23.9 Å². The number of hydrogen-bond acceptors (Lipinski definition) is 4. The van der Waals surface area contributed by atoms with E-state index in [0.717, 1.165) is 17.7 Å². The molecule has 0 fully saturated rings. The Bertz CT molecular complexity index is 831. The molecule has 1 aliphatic rings. The van der Waals surface area contributed by atoms with Gasteiger partial charge in [0.2, 0.25) is 5.91 Å². The van der Waals surface area contributed by atoms with Crippen LogP contribution in [0.5, 0.6) is 5.75 Å². The van der Waals surface area contributed by atoms with Crippen molar-refractivity contribution >= 4 is 28.8 Å². The first-order valence-electron chi connectivity index (χ1n) is 9.35. The van der Waals surface area contributed by atoms with E-state index < -0.39 is 0 Å². The molecule has 0 unspecified atom stereocenters. The minimum Gasteiger partial charge on any atom is -0.495 e. The summed E-state index contributed by atoms with van der Waals surface area (Å²) in [5.74, 6) is 0.966. The van der Waals surface area contributed by atoms with E-state index in [1.54, 1.807) is 35.5 Å². The van der Waals surface area contributed by atoms with Crippen molar-refractivity contribution in [3.05, 3.63) is 45.6 Å². The molecule has 0 bridgehead atoms. The monoisotopic (exact) mass is 386 g/mol. The van der Waals surface area contributed by atoms with Crippen LogP contribution >= 0.6 is 11.3 Å². The molecule has 27 heavy (non-hydrogen) atoms. The van der Waals surface area contributed by atoms with Crippen molar-refractivity contribution in [3.8, 4) is 5.75 Å². The number of hydrogen-bond donors (Lipinski definition) is 1. The first-order valence-corrected chi connectivity index (χ1v) is 10.2. The maximum Gasteiger partial charge on any atom is 0.264 e. The summed E-state index contributed by atoms with van der Waals surface area (Å²) in [6.07, 6.45) is 3.27. The molecule has 1 aromatic carbocycles. The molecule has 0 aliphatic heterocycles. The van der Waals surface area contributed by atoms with Gasteiger partial charge in [0.15, 0.2) is 0 Å². The number of nitrogens with zero attached hydrogens (tertiary/aromatic N) is 1. The summed E-state index contributed by atoms with van der Waals surface area (Å²) in [6.45, 7) is 4.65. The van der Waals surface area contributed by atoms with Crippen LogP contribution in [-0.2, 0) is 17.6 Å². The number of ether oxygens (including phenoxy) is 1. The molecular weight excluding hydrogens is 360 g/mol. The molecule has 2 amide bonds. The number of carbonyl (C=O) groups is 2. The quantitative estimate of drug-likeness (QED) is 0.817. The Hall–Kier alpha value is -2.34. The molecule has 1 heterocycles. The van der Waals surface area contributed by atoms with Crippen LogP contribution in [0.2, 0.25) is 0 Å². The Morgan fingerprint density at radius 2 is 2.11 bits per heavy atom. The molecule has 0 spiro atoms. The van der Waals surface area contributed by atoms with Crippen LogP contribution in [0.3, 0.4) is 0 Å². The largest absolute Gasteiger partial charge is 0.495 e. The van der Waals surface area contributed by atoms with E-state index in [9.17, 15) is 9.59 Å². The van der Waals surface area contributed by atoms with Crippen molar-refractivity contribution in [3.63, 3.8) is 0 Å². The van der Waals surface area contributed by atoms with E-state index >= 15 is 0 Å². The van der Waals surface area contributed by atoms with Crippen LogP contribution in [0.1, 0.15) is 40.4 Å². The molecule has 1 aliphatic carbocycles. The van der Waals surface area contributed by atoms with E-state index in [-0.39, 0.29) is 18.4 Å². The van der Waals surface area contributed by atoms with Crippen LogP contribution < -0.4 is 10.1 Å². The fourth-order valence-electron chi connectivity index (χ4n) is 3.41. The zero-order valence-electron chi connectivity index (χ0n) is 16.1. The van der Waals surface area contributed by atoms with Gasteiger partial charge >= 0.3 is 0 Å². The van der Waals surface area contributed by atoms with Gasteiger partial charge in [0.05, 0.1) is 17.7 Å². The van der Waals surface area contributed by atoms with Crippen LogP contribution in [0.15, 0.2) is 30.3 Å². The number of rotatable bonds is 6. The zero-order chi connectivity index (χ0) is 19.4. The van der Waals surface area contributed by atoms with Gasteiger partial charge in [-0.05, 0) is 55.9 Å². The van der Waals surface area contributed by atoms with Gasteiger partial charge in [0, 0.05) is 11.4 Å². The Morgan fingerprint density at radius 1 is 1.33 bits per heavy atom. The second-order valence-corrected chi connectivity index (χ2v) is 8.11. The first-order chi connectivity index (χ1) is 13.0. The second-order valence-electron chi connectivity index (χ2n) is 6.97. The highest BCUT2D eigenvalue weighted by Crippen LogP contribution is 2.32. The predicted molar refractivity (Wildman–Crippen MR) is 109 cm³/mol. The van der Waals surface area contributed by atoms with Crippen LogP contribution in [0.4, 0.5) is 5.69 Å². The highest BCUT2D eigenvalue weighted by atomic mass is 32.1. The number of thiophene rings is 1. The van der Waals surface area contributed by atoms with Crippen LogP contribution in [0, 0.1) is 5.92 Å². The molecule has 6 heteroatoms. The number of anilines is 1. The van der Waals surface area contributed by atoms with Gasteiger partial charge in [-0.15, -0.1) is 11.3 Å². The lowest BCUT2D eigenvalue weighted by Crippen LogP contribution is -2.37. The normalized spacial score (nSPS) is 15.7. The van der Waals surface area contributed by atoms with Gasteiger partial charge < -0.3 is 15.0 Å². The van der Waals surface area contributed by atoms with E-state index in [1.165, 1.54) is 16.9 Å². The molecular formula is C21H26N2O3S. The fourth-order valence-corrected chi connectivity index (χ4v) is 4.58. The summed E-state index contributed by atoms with van der Waals surface area (Å²) in [6, 6.07) is 9.27. The number of methoxy groups -OCH3 is 1. The van der Waals surface area contributed by atoms with E-state index in [2.05, 4.69) is 12.2 Å². The van der Waals surface area contributed by atoms with Gasteiger partial charge in [0.25, 0.3) is 5.91 Å². The summed E-state index contributed by atoms with van der Waals surface area (Å²) < 4.78 is 5.26. The van der Waals surface area contributed by atoms with Crippen LogP contribution in [-0.4, -0.2) is 36.9 Å². The lowest BCUT2D eigenvalue weighted by molar-refractivity contribution is -0.116. The molecule has 1 N–H and O–H groups in total. The summed E-state index contributed by atoms with van der Waals surface area (Å²) in [5.41, 5.74) is 1.91. The van der Waals surface area contributed by atoms with Gasteiger partial charge in [-0.2, -0.15) is 0 Å². The van der Waals surface area contributed by atoms with Gasteiger partial charge in [0.1, 0.15) is 12.3 Å². The SMILES string of the molecule is CCN(CC(=O)Nc1ccccc1OC)C(=O)c1cc2c(s1)CC[C@@H](C)C2. The molecule has 3 rings (SSSR count). The maximum absolute atomic E-state index is 12.9. The van der Waals surface area contributed by atoms with Crippen molar-refractivity contribution in [2.24, 2.45) is 5.92 Å². The topological polar surface area (TPSA) is 58.6 Å². The highest BCUT2D eigenvalue weighted by Gasteiger charge is 2.24. The van der Waals surface area contributed by atoms with Crippen molar-refractivity contribution in [2.75, 3.05) is 25.5 Å². The molecule has 144 valence electrons. The van der Waals surface area contributed by atoms with Gasteiger partial charge in [-0.25, -0.2) is 0 Å². The third kappa shape index (κ3) is 4.50. The summed E-state index contributed by atoms with van der Waals surface area (Å²) >= 11 is 1.58. The molecule has 5 nitrogen and oxygen atoms in total. The summed E-state index contributed by atoms with van der Waals surface area (Å²) in [4.78, 5) is 29.0. The molecule has 0 radical (unpaired) electrons. The average Bonchev–Trinajstić information content (AvgIpc) is 3.09. The Labute approximate surface area is 164 Å². The first kappa shape index (κ1) is 19.4. The number of aryl methyl sites for hydroxylation is 1. The smallest absolute Gasteiger partial charge is 0.264 e. The van der Waals surface area contributed by atoms with Crippen molar-refractivity contribution < 1.29 is 14.3 Å². The third-order valence-corrected chi connectivity index (χ3v) is 6.15. The standard InChI is InChI=1S/C21H26N2O3S/c1-4-23(13-20(24)22-16-7-5-6-8-17(16)26-3)21(25)19-12-15-11-14(2)9-10-18(15)27-19/h5-8,12,14H,4,9-11,13H2,1-3H3,(H,22,24)/t14-/m1/s1. The van der Waals surface area contributed by atoms with Gasteiger partial charge in [-0.3, -0.25) is 9.59 Å². The number of nitrogens with one attached hydrogen (secondary N) is 1. The molecule has 1 atom stereocenters. The molecule has 1 aromatic heterocycles. The number of benzene rings is 1. The summed E-state index contributed by atoms with van der Waals surface area (Å²) in [7, 11) is 1.56. The average molecular weight is 387 g/mol. The van der Waals surface area contributed by atoms with Gasteiger partial charge in [-0.1, -0.05) is 19.1 Å². The Balaban J connectivity index is 1.68. The van der Waals surface area contributed by atoms with Crippen LogP contribution in [0.25, 0.3) is 0 Å². The van der Waals surface area contributed by atoms with Crippen molar-refractivity contribution in [2.45, 2.75) is 33.1 Å². The number of carbonyl (C=O) groups excluding carboxylic acids is 2. The van der Waals surface area contributed by atoms with E-state index in [1.807, 2.05) is 25.1 Å². The zero-order valence-corrected chi connectivity index (χ0v) is 16.9. The lowest BCUT2D eigenvalue weighted by Gasteiger charge is -2.20. The Kier molecular flexibility index (Phi) is 6.16. The number of likely N-dealkylation sites (N-methyl/N-ethyl adjacent to an activating group) is 1. The highest BCUT2D eigenvalue weighted by molar-refractivity contribution is 7.14. The minimum absolute atomic E-state index is 0.0202. The lowest BCUT2D eigenvalue weighted by atomic mass is 9.90. The number of para-hydroxylation sites is 2. The van der Waals surface area contributed by atoms with Crippen molar-refractivity contribution in [1.29, 1.82) is 0 Å². The third-order valence-electron chi connectivity index (χ3n) is 4.92. The molecule has 0 saturated carbocycles. The number of fused-ring (bicyclic) bond motifs is 1. The summed E-state index contributed by atoms with van der Waals surface area (Å²) in [5, 5.41) is 2.83. The minimum atomic E-state index is -0.232. The predicted octanol–water partition coefficient (Wildman–Crippen LogP) is 3.98. The van der Waals surface area contributed by atoms with E-state index in [4.69, 9.17) is 4.74 Å². The second kappa shape index (κ2) is 8.57. The van der Waals surface area contributed by atoms with Crippen molar-refractivity contribution in [1.82, 2.24) is 4.90 Å². The molecule has 0 saturated heterocycles. The molecule has 2 aromatic rings. The Morgan fingerprint density at radius 3 is 2.85 bits per heavy atom. The fraction of sp³-hybridized carbons (Fsp3) is 0.429. The maximum atomic E-state index is 12.9.